The molecule has 2 fully saturated rings. The summed E-state index contributed by atoms with van der Waals surface area (Å²) in [6.07, 6.45) is 3.99. The first-order valence-corrected chi connectivity index (χ1v) is 9.95. The quantitative estimate of drug-likeness (QED) is 0.854. The summed E-state index contributed by atoms with van der Waals surface area (Å²) < 4.78 is 7.08. The molecule has 8 heteroatoms. The van der Waals surface area contributed by atoms with Gasteiger partial charge in [0, 0.05) is 37.8 Å². The van der Waals surface area contributed by atoms with Crippen LogP contribution in [0.4, 0.5) is 0 Å². The molecule has 1 aromatic carbocycles. The number of piperidine rings is 1. The van der Waals surface area contributed by atoms with Crippen LogP contribution in [0, 0.1) is 11.8 Å². The maximum atomic E-state index is 12.9. The first kappa shape index (κ1) is 19.0. The molecule has 4 rings (SSSR count). The van der Waals surface area contributed by atoms with Gasteiger partial charge in [-0.3, -0.25) is 4.79 Å². The fourth-order valence-electron chi connectivity index (χ4n) is 4.50. The summed E-state index contributed by atoms with van der Waals surface area (Å²) in [7, 11) is 0. The van der Waals surface area contributed by atoms with Gasteiger partial charge in [0.05, 0.1) is 12.1 Å². The zero-order valence-electron chi connectivity index (χ0n) is 16.2. The van der Waals surface area contributed by atoms with Crippen molar-refractivity contribution >= 4 is 5.91 Å². The number of hydrogen-bond donors (Lipinski definition) is 1. The molecule has 0 saturated carbocycles. The molecular formula is C20H27N5O3. The van der Waals surface area contributed by atoms with E-state index in [1.165, 1.54) is 0 Å². The van der Waals surface area contributed by atoms with E-state index in [0.717, 1.165) is 31.6 Å². The van der Waals surface area contributed by atoms with Gasteiger partial charge in [-0.05, 0) is 53.3 Å². The Morgan fingerprint density at radius 3 is 2.68 bits per heavy atom. The van der Waals surface area contributed by atoms with Crippen LogP contribution in [0.2, 0.25) is 0 Å². The normalized spacial score (nSPS) is 26.4. The number of hydrogen-bond acceptors (Lipinski definition) is 6. The number of benzene rings is 1. The Labute approximate surface area is 164 Å². The lowest BCUT2D eigenvalue weighted by Gasteiger charge is -2.48. The summed E-state index contributed by atoms with van der Waals surface area (Å²) in [4.78, 5) is 14.8. The predicted octanol–water partition coefficient (Wildman–Crippen LogP) is 1.36. The number of rotatable bonds is 4. The van der Waals surface area contributed by atoms with E-state index in [4.69, 9.17) is 4.74 Å². The first-order chi connectivity index (χ1) is 13.6. The molecule has 2 saturated heterocycles. The van der Waals surface area contributed by atoms with Crippen molar-refractivity contribution in [2.24, 2.45) is 11.8 Å². The molecule has 0 bridgehead atoms. The van der Waals surface area contributed by atoms with Gasteiger partial charge < -0.3 is 14.7 Å². The molecule has 8 nitrogen and oxygen atoms in total. The van der Waals surface area contributed by atoms with E-state index in [1.807, 2.05) is 29.2 Å². The van der Waals surface area contributed by atoms with Gasteiger partial charge in [0.1, 0.15) is 6.33 Å². The lowest BCUT2D eigenvalue weighted by atomic mass is 9.70. The lowest BCUT2D eigenvalue weighted by molar-refractivity contribution is -0.125. The topological polar surface area (TPSA) is 93.4 Å². The van der Waals surface area contributed by atoms with Crippen LogP contribution in [-0.2, 0) is 11.3 Å². The molecule has 2 aliphatic heterocycles. The average molecular weight is 385 g/mol. The Balaban J connectivity index is 1.39. The Morgan fingerprint density at radius 2 is 2.04 bits per heavy atom. The summed E-state index contributed by atoms with van der Waals surface area (Å²) >= 11 is 0. The van der Waals surface area contributed by atoms with E-state index >= 15 is 0 Å². The fraction of sp³-hybridized carbons (Fsp3) is 0.600. The van der Waals surface area contributed by atoms with E-state index in [0.29, 0.717) is 31.6 Å². The molecule has 2 aromatic rings. The molecule has 0 spiro atoms. The van der Waals surface area contributed by atoms with Crippen molar-refractivity contribution in [1.29, 1.82) is 0 Å². The molecule has 0 radical (unpaired) electrons. The molecule has 28 heavy (non-hydrogen) atoms. The van der Waals surface area contributed by atoms with Crippen LogP contribution in [0.5, 0.6) is 0 Å². The predicted molar refractivity (Wildman–Crippen MR) is 102 cm³/mol. The van der Waals surface area contributed by atoms with E-state index in [-0.39, 0.29) is 17.7 Å². The van der Waals surface area contributed by atoms with Crippen molar-refractivity contribution in [1.82, 2.24) is 25.1 Å². The van der Waals surface area contributed by atoms with Crippen molar-refractivity contribution in [3.05, 3.63) is 41.7 Å². The van der Waals surface area contributed by atoms with E-state index in [1.54, 1.807) is 11.0 Å². The highest BCUT2D eigenvalue weighted by Gasteiger charge is 2.46. The number of aliphatic hydroxyl groups is 1. The third-order valence-electron chi connectivity index (χ3n) is 6.28. The summed E-state index contributed by atoms with van der Waals surface area (Å²) in [5.41, 5.74) is 1.00. The third-order valence-corrected chi connectivity index (χ3v) is 6.28. The molecule has 1 N–H and O–H groups in total. The van der Waals surface area contributed by atoms with Crippen LogP contribution in [0.15, 0.2) is 30.6 Å². The Bertz CT molecular complexity index is 789. The van der Waals surface area contributed by atoms with Gasteiger partial charge in [0.2, 0.25) is 0 Å². The molecule has 3 heterocycles. The molecular weight excluding hydrogens is 358 g/mol. The van der Waals surface area contributed by atoms with Crippen LogP contribution in [-0.4, -0.2) is 68.0 Å². The lowest BCUT2D eigenvalue weighted by Crippen LogP contribution is -2.56. The zero-order chi connectivity index (χ0) is 19.6. The number of tetrazole rings is 1. The molecule has 0 aliphatic carbocycles. The number of aromatic nitrogens is 4. The second-order valence-electron chi connectivity index (χ2n) is 7.98. The Kier molecular flexibility index (Phi) is 5.41. The summed E-state index contributed by atoms with van der Waals surface area (Å²) in [6.45, 7) is 5.24. The van der Waals surface area contributed by atoms with Gasteiger partial charge in [0.25, 0.3) is 5.91 Å². The van der Waals surface area contributed by atoms with Crippen molar-refractivity contribution in [3.8, 4) is 0 Å². The fourth-order valence-corrected chi connectivity index (χ4v) is 4.50. The summed E-state index contributed by atoms with van der Waals surface area (Å²) in [6, 6.07) is 7.57. The highest BCUT2D eigenvalue weighted by atomic mass is 16.5. The van der Waals surface area contributed by atoms with E-state index < -0.39 is 5.60 Å². The maximum Gasteiger partial charge on any atom is 0.253 e. The molecule has 150 valence electrons. The van der Waals surface area contributed by atoms with Crippen LogP contribution in [0.1, 0.15) is 42.1 Å². The standard InChI is InChI=1S/C20H27N5O3/c1-15-12-24(9-8-20(15,27)18-6-10-28-11-7-18)19(26)17-4-2-16(3-5-17)13-25-14-21-22-23-25/h2-5,14-15,18,27H,6-13H2,1H3/t15?,20-/m0/s1. The Morgan fingerprint density at radius 1 is 1.29 bits per heavy atom. The van der Waals surface area contributed by atoms with Crippen LogP contribution >= 0.6 is 0 Å². The van der Waals surface area contributed by atoms with E-state index in [9.17, 15) is 9.90 Å². The minimum Gasteiger partial charge on any atom is -0.389 e. The SMILES string of the molecule is CC1CN(C(=O)c2ccc(Cn3cnnn3)cc2)CC[C@@]1(O)C1CCOCC1. The van der Waals surface area contributed by atoms with Crippen molar-refractivity contribution in [3.63, 3.8) is 0 Å². The van der Waals surface area contributed by atoms with Crippen molar-refractivity contribution in [2.45, 2.75) is 38.3 Å². The van der Waals surface area contributed by atoms with Gasteiger partial charge >= 0.3 is 0 Å². The highest BCUT2D eigenvalue weighted by molar-refractivity contribution is 5.94. The monoisotopic (exact) mass is 385 g/mol. The van der Waals surface area contributed by atoms with Crippen molar-refractivity contribution in [2.75, 3.05) is 26.3 Å². The van der Waals surface area contributed by atoms with Crippen LogP contribution < -0.4 is 0 Å². The zero-order valence-corrected chi connectivity index (χ0v) is 16.2. The second-order valence-corrected chi connectivity index (χ2v) is 7.98. The highest BCUT2D eigenvalue weighted by Crippen LogP contribution is 2.39. The Hall–Kier alpha value is -2.32. The molecule has 2 aliphatic rings. The minimum atomic E-state index is -0.698. The van der Waals surface area contributed by atoms with E-state index in [2.05, 4.69) is 22.4 Å². The molecule has 1 unspecified atom stereocenters. The number of carbonyl (C=O) groups excluding carboxylic acids is 1. The number of carbonyl (C=O) groups is 1. The van der Waals surface area contributed by atoms with Gasteiger partial charge in [0.15, 0.2) is 0 Å². The minimum absolute atomic E-state index is 0.0230. The second kappa shape index (κ2) is 7.97. The van der Waals surface area contributed by atoms with Crippen molar-refractivity contribution < 1.29 is 14.6 Å². The number of nitrogens with zero attached hydrogens (tertiary/aromatic N) is 5. The molecule has 1 aromatic heterocycles. The van der Waals surface area contributed by atoms with Crippen LogP contribution in [0.25, 0.3) is 0 Å². The largest absolute Gasteiger partial charge is 0.389 e. The van der Waals surface area contributed by atoms with Crippen LogP contribution in [0.3, 0.4) is 0 Å². The average Bonchev–Trinajstić information content (AvgIpc) is 3.24. The first-order valence-electron chi connectivity index (χ1n) is 9.95. The number of likely N-dealkylation sites (tertiary alicyclic amines) is 1. The number of ether oxygens (including phenoxy) is 1. The summed E-state index contributed by atoms with van der Waals surface area (Å²) in [5, 5.41) is 22.4. The van der Waals surface area contributed by atoms with Gasteiger partial charge in [-0.15, -0.1) is 5.10 Å². The smallest absolute Gasteiger partial charge is 0.253 e. The van der Waals surface area contributed by atoms with Gasteiger partial charge in [-0.2, -0.15) is 0 Å². The number of amides is 1. The molecule has 2 atom stereocenters. The maximum absolute atomic E-state index is 12.9. The summed E-state index contributed by atoms with van der Waals surface area (Å²) in [5.74, 6) is 0.335. The molecule has 1 amide bonds. The van der Waals surface area contributed by atoms with Gasteiger partial charge in [-0.1, -0.05) is 19.1 Å². The third kappa shape index (κ3) is 3.79. The van der Waals surface area contributed by atoms with Gasteiger partial charge in [-0.25, -0.2) is 4.68 Å².